The molecule has 2 aliphatic rings. The van der Waals surface area contributed by atoms with E-state index in [1.807, 2.05) is 0 Å². The number of nitrogens with zero attached hydrogens (tertiary/aromatic N) is 2. The molecule has 1 atom stereocenters. The molecule has 1 saturated carbocycles. The highest BCUT2D eigenvalue weighted by atomic mass is 16.5. The van der Waals surface area contributed by atoms with Crippen LogP contribution in [0.5, 0.6) is 0 Å². The van der Waals surface area contributed by atoms with E-state index in [1.165, 1.54) is 32.1 Å². The van der Waals surface area contributed by atoms with E-state index in [2.05, 4.69) is 22.4 Å². The van der Waals surface area contributed by atoms with Gasteiger partial charge in [-0.3, -0.25) is 0 Å². The predicted octanol–water partition coefficient (Wildman–Crippen LogP) is 2.52. The highest BCUT2D eigenvalue weighted by Crippen LogP contribution is 2.34. The van der Waals surface area contributed by atoms with Gasteiger partial charge in [0.1, 0.15) is 0 Å². The molecule has 0 radical (unpaired) electrons. The fourth-order valence-electron chi connectivity index (χ4n) is 3.17. The van der Waals surface area contributed by atoms with Gasteiger partial charge in [0, 0.05) is 12.3 Å². The maximum Gasteiger partial charge on any atom is 0.226 e. The lowest BCUT2D eigenvalue weighted by molar-refractivity contribution is 0.320. The minimum atomic E-state index is 0.542. The molecule has 1 aromatic heterocycles. The van der Waals surface area contributed by atoms with Crippen LogP contribution >= 0.6 is 0 Å². The molecule has 2 heterocycles. The van der Waals surface area contributed by atoms with E-state index >= 15 is 0 Å². The minimum Gasteiger partial charge on any atom is -0.339 e. The quantitative estimate of drug-likeness (QED) is 0.894. The number of rotatable bonds is 3. The summed E-state index contributed by atoms with van der Waals surface area (Å²) >= 11 is 0. The summed E-state index contributed by atoms with van der Waals surface area (Å²) < 4.78 is 5.42. The standard InChI is InChI=1S/C14H23N3O/c1-10-2-4-12(5-3-10)14-16-13(18-17-14)8-11-6-7-15-9-11/h10-12,15H,2-9H2,1H3. The van der Waals surface area contributed by atoms with Gasteiger partial charge in [-0.25, -0.2) is 0 Å². The Hall–Kier alpha value is -0.900. The Morgan fingerprint density at radius 1 is 1.22 bits per heavy atom. The summed E-state index contributed by atoms with van der Waals surface area (Å²) in [5.41, 5.74) is 0. The van der Waals surface area contributed by atoms with E-state index in [4.69, 9.17) is 4.52 Å². The lowest BCUT2D eigenvalue weighted by Gasteiger charge is -2.23. The van der Waals surface area contributed by atoms with Crippen LogP contribution < -0.4 is 5.32 Å². The van der Waals surface area contributed by atoms with Gasteiger partial charge >= 0.3 is 0 Å². The monoisotopic (exact) mass is 249 g/mol. The molecule has 4 heteroatoms. The van der Waals surface area contributed by atoms with Crippen molar-refractivity contribution in [3.05, 3.63) is 11.7 Å². The SMILES string of the molecule is CC1CCC(c2noc(CC3CCNC3)n2)CC1. The molecule has 2 fully saturated rings. The van der Waals surface area contributed by atoms with Crippen LogP contribution in [-0.4, -0.2) is 23.2 Å². The highest BCUT2D eigenvalue weighted by molar-refractivity contribution is 4.98. The summed E-state index contributed by atoms with van der Waals surface area (Å²) in [4.78, 5) is 4.62. The largest absolute Gasteiger partial charge is 0.339 e. The second kappa shape index (κ2) is 5.39. The normalized spacial score (nSPS) is 32.8. The Kier molecular flexibility index (Phi) is 3.64. The van der Waals surface area contributed by atoms with E-state index in [1.54, 1.807) is 0 Å². The van der Waals surface area contributed by atoms with E-state index in [9.17, 15) is 0 Å². The van der Waals surface area contributed by atoms with Crippen LogP contribution in [0.25, 0.3) is 0 Å². The maximum atomic E-state index is 5.42. The maximum absolute atomic E-state index is 5.42. The molecular formula is C14H23N3O. The first kappa shape index (κ1) is 12.2. The van der Waals surface area contributed by atoms with Crippen LogP contribution in [0.2, 0.25) is 0 Å². The van der Waals surface area contributed by atoms with Gasteiger partial charge in [0.2, 0.25) is 5.89 Å². The van der Waals surface area contributed by atoms with E-state index in [0.29, 0.717) is 11.8 Å². The Morgan fingerprint density at radius 3 is 2.78 bits per heavy atom. The van der Waals surface area contributed by atoms with Crippen molar-refractivity contribution >= 4 is 0 Å². The third-order valence-corrected chi connectivity index (χ3v) is 4.49. The average Bonchev–Trinajstić information content (AvgIpc) is 3.02. The number of hydrogen-bond acceptors (Lipinski definition) is 4. The molecule has 18 heavy (non-hydrogen) atoms. The van der Waals surface area contributed by atoms with Crippen LogP contribution in [0.4, 0.5) is 0 Å². The number of hydrogen-bond donors (Lipinski definition) is 1. The molecular weight excluding hydrogens is 226 g/mol. The predicted molar refractivity (Wildman–Crippen MR) is 69.4 cm³/mol. The van der Waals surface area contributed by atoms with Gasteiger partial charge in [0.25, 0.3) is 0 Å². The van der Waals surface area contributed by atoms with Gasteiger partial charge in [-0.1, -0.05) is 24.9 Å². The van der Waals surface area contributed by atoms with Gasteiger partial charge in [-0.2, -0.15) is 4.98 Å². The van der Waals surface area contributed by atoms with Gasteiger partial charge in [-0.15, -0.1) is 0 Å². The van der Waals surface area contributed by atoms with Crippen LogP contribution in [0.15, 0.2) is 4.52 Å². The van der Waals surface area contributed by atoms with E-state index in [-0.39, 0.29) is 0 Å². The first-order valence-electron chi connectivity index (χ1n) is 7.34. The first-order valence-corrected chi connectivity index (χ1v) is 7.34. The third kappa shape index (κ3) is 2.74. The van der Waals surface area contributed by atoms with Crippen LogP contribution in [0, 0.1) is 11.8 Å². The molecule has 1 N–H and O–H groups in total. The zero-order chi connectivity index (χ0) is 12.4. The van der Waals surface area contributed by atoms with Gasteiger partial charge in [0.15, 0.2) is 5.82 Å². The molecule has 0 aromatic carbocycles. The Bertz CT molecular complexity index is 376. The molecule has 0 bridgehead atoms. The Labute approximate surface area is 109 Å². The fraction of sp³-hybridized carbons (Fsp3) is 0.857. The van der Waals surface area contributed by atoms with E-state index in [0.717, 1.165) is 37.1 Å². The fourth-order valence-corrected chi connectivity index (χ4v) is 3.17. The van der Waals surface area contributed by atoms with Crippen molar-refractivity contribution < 1.29 is 4.52 Å². The molecule has 1 saturated heterocycles. The summed E-state index contributed by atoms with van der Waals surface area (Å²) in [6, 6.07) is 0. The molecule has 0 spiro atoms. The highest BCUT2D eigenvalue weighted by Gasteiger charge is 2.25. The second-order valence-corrected chi connectivity index (χ2v) is 6.07. The molecule has 1 unspecified atom stereocenters. The smallest absolute Gasteiger partial charge is 0.226 e. The van der Waals surface area contributed by atoms with Crippen molar-refractivity contribution in [1.29, 1.82) is 0 Å². The van der Waals surface area contributed by atoms with Crippen molar-refractivity contribution in [2.75, 3.05) is 13.1 Å². The molecule has 1 aliphatic carbocycles. The molecule has 0 amide bonds. The Balaban J connectivity index is 1.58. The molecule has 1 aliphatic heterocycles. The van der Waals surface area contributed by atoms with Crippen LogP contribution in [-0.2, 0) is 6.42 Å². The minimum absolute atomic E-state index is 0.542. The lowest BCUT2D eigenvalue weighted by Crippen LogP contribution is -2.12. The van der Waals surface area contributed by atoms with Crippen molar-refractivity contribution in [1.82, 2.24) is 15.5 Å². The zero-order valence-corrected chi connectivity index (χ0v) is 11.2. The van der Waals surface area contributed by atoms with Gasteiger partial charge < -0.3 is 9.84 Å². The number of aromatic nitrogens is 2. The average molecular weight is 249 g/mol. The summed E-state index contributed by atoms with van der Waals surface area (Å²) in [6.07, 6.45) is 7.25. The molecule has 3 rings (SSSR count). The first-order chi connectivity index (χ1) is 8.81. The Morgan fingerprint density at radius 2 is 2.06 bits per heavy atom. The van der Waals surface area contributed by atoms with E-state index < -0.39 is 0 Å². The number of nitrogens with one attached hydrogen (secondary N) is 1. The van der Waals surface area contributed by atoms with Gasteiger partial charge in [0.05, 0.1) is 0 Å². The second-order valence-electron chi connectivity index (χ2n) is 6.07. The van der Waals surface area contributed by atoms with Gasteiger partial charge in [-0.05, 0) is 44.2 Å². The zero-order valence-electron chi connectivity index (χ0n) is 11.2. The summed E-state index contributed by atoms with van der Waals surface area (Å²) in [5, 5.41) is 7.58. The summed E-state index contributed by atoms with van der Waals surface area (Å²) in [5.74, 6) is 3.91. The van der Waals surface area contributed by atoms with Crippen LogP contribution in [0.1, 0.15) is 56.7 Å². The lowest BCUT2D eigenvalue weighted by atomic mass is 9.83. The topological polar surface area (TPSA) is 51.0 Å². The summed E-state index contributed by atoms with van der Waals surface area (Å²) in [7, 11) is 0. The van der Waals surface area contributed by atoms with Crippen molar-refractivity contribution in [2.45, 2.75) is 51.4 Å². The molecule has 4 nitrogen and oxygen atoms in total. The molecule has 100 valence electrons. The summed E-state index contributed by atoms with van der Waals surface area (Å²) in [6.45, 7) is 4.57. The van der Waals surface area contributed by atoms with Crippen molar-refractivity contribution in [2.24, 2.45) is 11.8 Å². The van der Waals surface area contributed by atoms with Crippen molar-refractivity contribution in [3.8, 4) is 0 Å². The molecule has 1 aromatic rings. The van der Waals surface area contributed by atoms with Crippen LogP contribution in [0.3, 0.4) is 0 Å². The van der Waals surface area contributed by atoms with Crippen molar-refractivity contribution in [3.63, 3.8) is 0 Å². The third-order valence-electron chi connectivity index (χ3n) is 4.49.